The Morgan fingerprint density at radius 2 is 1.74 bits per heavy atom. The highest BCUT2D eigenvalue weighted by atomic mass is 16.5. The monoisotopic (exact) mass is 252 g/mol. The molecule has 0 aliphatic carbocycles. The van der Waals surface area contributed by atoms with E-state index in [0.29, 0.717) is 17.7 Å². The van der Waals surface area contributed by atoms with Crippen molar-refractivity contribution in [3.8, 4) is 5.75 Å². The normalized spacial score (nSPS) is 21.7. The largest absolute Gasteiger partial charge is 0.482 e. The predicted molar refractivity (Wildman–Crippen MR) is 74.5 cm³/mol. The molecule has 1 unspecified atom stereocenters. The zero-order valence-corrected chi connectivity index (χ0v) is 11.1. The standard InChI is InChI=1S/C17H16O2/c1-12-7-3-5-9-14(12)17(2)11-15(18)13-8-4-6-10-16(13)19-17/h3-10H,11H2,1-2H3. The lowest BCUT2D eigenvalue weighted by Gasteiger charge is -2.36. The quantitative estimate of drug-likeness (QED) is 0.770. The molecule has 0 N–H and O–H groups in total. The maximum Gasteiger partial charge on any atom is 0.170 e. The molecule has 1 aliphatic rings. The first-order valence-corrected chi connectivity index (χ1v) is 6.47. The third-order valence-electron chi connectivity index (χ3n) is 3.74. The van der Waals surface area contributed by atoms with Crippen LogP contribution in [0.15, 0.2) is 48.5 Å². The summed E-state index contributed by atoms with van der Waals surface area (Å²) in [6.45, 7) is 4.04. The lowest BCUT2D eigenvalue weighted by Crippen LogP contribution is -2.37. The molecule has 1 atom stereocenters. The molecular formula is C17H16O2. The van der Waals surface area contributed by atoms with Gasteiger partial charge in [-0.05, 0) is 37.1 Å². The molecule has 0 amide bonds. The van der Waals surface area contributed by atoms with Gasteiger partial charge in [0.05, 0.1) is 12.0 Å². The molecule has 0 spiro atoms. The summed E-state index contributed by atoms with van der Waals surface area (Å²) in [5.74, 6) is 0.831. The Labute approximate surface area is 113 Å². The van der Waals surface area contributed by atoms with E-state index in [9.17, 15) is 4.79 Å². The number of hydrogen-bond acceptors (Lipinski definition) is 2. The second-order valence-corrected chi connectivity index (χ2v) is 5.24. The Bertz CT molecular complexity index is 645. The van der Waals surface area contributed by atoms with E-state index in [2.05, 4.69) is 13.0 Å². The van der Waals surface area contributed by atoms with Gasteiger partial charge in [0.1, 0.15) is 11.4 Å². The Hall–Kier alpha value is -2.09. The van der Waals surface area contributed by atoms with Gasteiger partial charge in [0, 0.05) is 0 Å². The number of Topliss-reactive ketones (excluding diaryl/α,β-unsaturated/α-hetero) is 1. The summed E-state index contributed by atoms with van der Waals surface area (Å²) in [5, 5.41) is 0. The number of ether oxygens (including phenoxy) is 1. The van der Waals surface area contributed by atoms with Crippen LogP contribution in [0.4, 0.5) is 0 Å². The molecule has 2 aromatic carbocycles. The average Bonchev–Trinajstić information content (AvgIpc) is 2.39. The summed E-state index contributed by atoms with van der Waals surface area (Å²) < 4.78 is 6.14. The molecule has 19 heavy (non-hydrogen) atoms. The lowest BCUT2D eigenvalue weighted by atomic mass is 9.83. The van der Waals surface area contributed by atoms with Crippen LogP contribution in [0.5, 0.6) is 5.75 Å². The van der Waals surface area contributed by atoms with Crippen LogP contribution < -0.4 is 4.74 Å². The van der Waals surface area contributed by atoms with Crippen LogP contribution in [0.2, 0.25) is 0 Å². The minimum absolute atomic E-state index is 0.146. The van der Waals surface area contributed by atoms with E-state index in [4.69, 9.17) is 4.74 Å². The Balaban J connectivity index is 2.09. The number of ketones is 1. The van der Waals surface area contributed by atoms with Gasteiger partial charge in [-0.3, -0.25) is 4.79 Å². The molecule has 0 bridgehead atoms. The fourth-order valence-corrected chi connectivity index (χ4v) is 2.78. The smallest absolute Gasteiger partial charge is 0.170 e. The van der Waals surface area contributed by atoms with Gasteiger partial charge in [-0.1, -0.05) is 36.4 Å². The number of para-hydroxylation sites is 1. The van der Waals surface area contributed by atoms with Gasteiger partial charge in [0.25, 0.3) is 0 Å². The Morgan fingerprint density at radius 3 is 2.53 bits per heavy atom. The summed E-state index contributed by atoms with van der Waals surface area (Å²) in [5.41, 5.74) is 2.35. The topological polar surface area (TPSA) is 26.3 Å². The zero-order chi connectivity index (χ0) is 13.5. The lowest BCUT2D eigenvalue weighted by molar-refractivity contribution is 0.0500. The van der Waals surface area contributed by atoms with Crippen LogP contribution in [0, 0.1) is 6.92 Å². The van der Waals surface area contributed by atoms with Gasteiger partial charge in [0.15, 0.2) is 5.78 Å². The maximum atomic E-state index is 12.3. The van der Waals surface area contributed by atoms with Crippen molar-refractivity contribution in [2.75, 3.05) is 0 Å². The first-order valence-electron chi connectivity index (χ1n) is 6.47. The van der Waals surface area contributed by atoms with Gasteiger partial charge in [-0.2, -0.15) is 0 Å². The van der Waals surface area contributed by atoms with Crippen molar-refractivity contribution in [2.24, 2.45) is 0 Å². The average molecular weight is 252 g/mol. The molecule has 0 saturated heterocycles. The van der Waals surface area contributed by atoms with Crippen molar-refractivity contribution in [1.82, 2.24) is 0 Å². The number of carbonyl (C=O) groups is 1. The van der Waals surface area contributed by atoms with Crippen LogP contribution in [0.3, 0.4) is 0 Å². The van der Waals surface area contributed by atoms with Crippen molar-refractivity contribution in [3.05, 3.63) is 65.2 Å². The van der Waals surface area contributed by atoms with E-state index in [-0.39, 0.29) is 5.78 Å². The van der Waals surface area contributed by atoms with Crippen LogP contribution in [0.1, 0.15) is 34.8 Å². The number of aryl methyl sites for hydroxylation is 1. The molecule has 0 radical (unpaired) electrons. The van der Waals surface area contributed by atoms with Crippen molar-refractivity contribution in [1.29, 1.82) is 0 Å². The highest BCUT2D eigenvalue weighted by molar-refractivity contribution is 6.00. The molecule has 2 heteroatoms. The van der Waals surface area contributed by atoms with Crippen molar-refractivity contribution in [3.63, 3.8) is 0 Å². The van der Waals surface area contributed by atoms with Gasteiger partial charge >= 0.3 is 0 Å². The first kappa shape index (κ1) is 12.0. The highest BCUT2D eigenvalue weighted by Crippen LogP contribution is 2.40. The fraction of sp³-hybridized carbons (Fsp3) is 0.235. The molecule has 1 heterocycles. The second-order valence-electron chi connectivity index (χ2n) is 5.24. The minimum Gasteiger partial charge on any atom is -0.482 e. The van der Waals surface area contributed by atoms with E-state index >= 15 is 0 Å². The summed E-state index contributed by atoms with van der Waals surface area (Å²) in [6.07, 6.45) is 0.384. The third-order valence-corrected chi connectivity index (χ3v) is 3.74. The number of fused-ring (bicyclic) bond motifs is 1. The van der Waals surface area contributed by atoms with Crippen LogP contribution in [-0.2, 0) is 5.60 Å². The first-order chi connectivity index (χ1) is 9.10. The van der Waals surface area contributed by atoms with Crippen molar-refractivity contribution >= 4 is 5.78 Å². The SMILES string of the molecule is Cc1ccccc1C1(C)CC(=O)c2ccccc2O1. The van der Waals surface area contributed by atoms with E-state index < -0.39 is 5.60 Å². The van der Waals surface area contributed by atoms with Crippen LogP contribution in [0.25, 0.3) is 0 Å². The number of hydrogen-bond donors (Lipinski definition) is 0. The third kappa shape index (κ3) is 1.93. The van der Waals surface area contributed by atoms with Gasteiger partial charge < -0.3 is 4.74 Å². The molecule has 3 rings (SSSR count). The molecule has 1 aliphatic heterocycles. The molecule has 0 aromatic heterocycles. The fourth-order valence-electron chi connectivity index (χ4n) is 2.78. The maximum absolute atomic E-state index is 12.3. The molecule has 2 aromatic rings. The van der Waals surface area contributed by atoms with Crippen LogP contribution >= 0.6 is 0 Å². The molecule has 0 fully saturated rings. The highest BCUT2D eigenvalue weighted by Gasteiger charge is 2.38. The van der Waals surface area contributed by atoms with E-state index in [1.807, 2.05) is 49.4 Å². The van der Waals surface area contributed by atoms with E-state index in [1.165, 1.54) is 0 Å². The van der Waals surface area contributed by atoms with Crippen molar-refractivity contribution in [2.45, 2.75) is 25.9 Å². The molecule has 2 nitrogen and oxygen atoms in total. The van der Waals surface area contributed by atoms with E-state index in [0.717, 1.165) is 11.1 Å². The van der Waals surface area contributed by atoms with Gasteiger partial charge in [-0.25, -0.2) is 0 Å². The summed E-state index contributed by atoms with van der Waals surface area (Å²) in [6, 6.07) is 15.5. The van der Waals surface area contributed by atoms with Crippen molar-refractivity contribution < 1.29 is 9.53 Å². The zero-order valence-electron chi connectivity index (χ0n) is 11.1. The molecule has 96 valence electrons. The number of benzene rings is 2. The van der Waals surface area contributed by atoms with Gasteiger partial charge in [0.2, 0.25) is 0 Å². The van der Waals surface area contributed by atoms with E-state index in [1.54, 1.807) is 0 Å². The van der Waals surface area contributed by atoms with Crippen LogP contribution in [-0.4, -0.2) is 5.78 Å². The van der Waals surface area contributed by atoms with Gasteiger partial charge in [-0.15, -0.1) is 0 Å². The Kier molecular flexibility index (Phi) is 2.67. The second kappa shape index (κ2) is 4.23. The number of carbonyl (C=O) groups excluding carboxylic acids is 1. The summed E-state index contributed by atoms with van der Waals surface area (Å²) >= 11 is 0. The molecule has 0 saturated carbocycles. The molecular weight excluding hydrogens is 236 g/mol. The predicted octanol–water partition coefficient (Wildman–Crippen LogP) is 3.88. The minimum atomic E-state index is -0.573. The Morgan fingerprint density at radius 1 is 1.05 bits per heavy atom. The number of rotatable bonds is 1. The summed E-state index contributed by atoms with van der Waals surface area (Å²) in [7, 11) is 0. The summed E-state index contributed by atoms with van der Waals surface area (Å²) in [4.78, 5) is 12.3.